The van der Waals surface area contributed by atoms with Crippen molar-refractivity contribution < 1.29 is 14.1 Å². The molecule has 0 bridgehead atoms. The third-order valence-corrected chi connectivity index (χ3v) is 4.40. The van der Waals surface area contributed by atoms with Gasteiger partial charge in [0.1, 0.15) is 5.75 Å². The van der Waals surface area contributed by atoms with E-state index < -0.39 is 0 Å². The molecular formula is C19H31O3P. The van der Waals surface area contributed by atoms with Crippen LogP contribution in [-0.4, -0.2) is 12.1 Å². The fourth-order valence-electron chi connectivity index (χ4n) is 2.53. The fraction of sp³-hybridized carbons (Fsp3) is 0.632. The van der Waals surface area contributed by atoms with Gasteiger partial charge in [0, 0.05) is 9.47 Å². The summed E-state index contributed by atoms with van der Waals surface area (Å²) in [6.45, 7) is 4.09. The zero-order valence-corrected chi connectivity index (χ0v) is 15.7. The Morgan fingerprint density at radius 3 is 2.43 bits per heavy atom. The maximum Gasteiger partial charge on any atom is 0.313 e. The molecular weight excluding hydrogens is 307 g/mol. The van der Waals surface area contributed by atoms with Crippen molar-refractivity contribution >= 4 is 15.4 Å². The van der Waals surface area contributed by atoms with Gasteiger partial charge < -0.3 is 9.26 Å². The molecule has 2 unspecified atom stereocenters. The molecule has 0 aliphatic carbocycles. The number of ether oxygens (including phenoxy) is 1. The number of hydrogen-bond acceptors (Lipinski definition) is 3. The molecule has 130 valence electrons. The van der Waals surface area contributed by atoms with E-state index in [1.807, 2.05) is 25.1 Å². The van der Waals surface area contributed by atoms with E-state index in [9.17, 15) is 4.79 Å². The van der Waals surface area contributed by atoms with Gasteiger partial charge in [0.05, 0.1) is 12.5 Å². The molecule has 0 saturated heterocycles. The molecule has 2 atom stereocenters. The Labute approximate surface area is 143 Å². The summed E-state index contributed by atoms with van der Waals surface area (Å²) in [5.41, 5.74) is 1.12. The molecule has 0 spiro atoms. The van der Waals surface area contributed by atoms with E-state index in [2.05, 4.69) is 22.5 Å². The minimum atomic E-state index is -0.244. The topological polar surface area (TPSA) is 35.5 Å². The minimum absolute atomic E-state index is 0.150. The molecule has 0 aromatic heterocycles. The van der Waals surface area contributed by atoms with Crippen LogP contribution in [0.5, 0.6) is 5.75 Å². The summed E-state index contributed by atoms with van der Waals surface area (Å²) in [7, 11) is 2.18. The van der Waals surface area contributed by atoms with Crippen LogP contribution in [0.2, 0.25) is 0 Å². The number of esters is 1. The molecule has 3 nitrogen and oxygen atoms in total. The highest BCUT2D eigenvalue weighted by molar-refractivity contribution is 7.09. The van der Waals surface area contributed by atoms with E-state index in [1.165, 1.54) is 38.5 Å². The van der Waals surface area contributed by atoms with Gasteiger partial charge in [-0.3, -0.25) is 4.79 Å². The number of unbranched alkanes of at least 4 members (excludes halogenated alkanes) is 6. The average molecular weight is 338 g/mol. The van der Waals surface area contributed by atoms with Crippen LogP contribution >= 0.6 is 9.47 Å². The SMILES string of the molecule is CCCCCCCCCc1ccccc1OC(=O)CC(C)OP. The van der Waals surface area contributed by atoms with E-state index in [4.69, 9.17) is 9.26 Å². The first-order chi connectivity index (χ1) is 11.2. The highest BCUT2D eigenvalue weighted by Crippen LogP contribution is 2.22. The lowest BCUT2D eigenvalue weighted by Crippen LogP contribution is -2.16. The molecule has 23 heavy (non-hydrogen) atoms. The molecule has 0 saturated carbocycles. The molecule has 0 aliphatic rings. The predicted octanol–water partition coefficient (Wildman–Crippen LogP) is 5.47. The predicted molar refractivity (Wildman–Crippen MR) is 98.6 cm³/mol. The van der Waals surface area contributed by atoms with Crippen LogP contribution in [0, 0.1) is 0 Å². The van der Waals surface area contributed by atoms with Crippen LogP contribution in [0.3, 0.4) is 0 Å². The highest BCUT2D eigenvalue weighted by atomic mass is 31.0. The summed E-state index contributed by atoms with van der Waals surface area (Å²) in [6.07, 6.45) is 10.1. The fourth-order valence-corrected chi connectivity index (χ4v) is 2.63. The lowest BCUT2D eigenvalue weighted by atomic mass is 10.0. The van der Waals surface area contributed by atoms with Gasteiger partial charge in [-0.15, -0.1) is 0 Å². The van der Waals surface area contributed by atoms with Crippen LogP contribution in [0.1, 0.15) is 70.8 Å². The second kappa shape index (κ2) is 12.5. The molecule has 0 aliphatic heterocycles. The minimum Gasteiger partial charge on any atom is -0.426 e. The summed E-state index contributed by atoms with van der Waals surface area (Å²) in [5.74, 6) is 0.450. The van der Waals surface area contributed by atoms with Gasteiger partial charge in [-0.05, 0) is 31.4 Å². The Bertz CT molecular complexity index is 448. The van der Waals surface area contributed by atoms with Gasteiger partial charge in [-0.2, -0.15) is 0 Å². The van der Waals surface area contributed by atoms with Gasteiger partial charge in [0.25, 0.3) is 0 Å². The number of carbonyl (C=O) groups is 1. The summed E-state index contributed by atoms with van der Waals surface area (Å²) in [6, 6.07) is 7.84. The van der Waals surface area contributed by atoms with E-state index in [0.29, 0.717) is 5.75 Å². The van der Waals surface area contributed by atoms with Crippen molar-refractivity contribution in [3.05, 3.63) is 29.8 Å². The van der Waals surface area contributed by atoms with Gasteiger partial charge in [0.2, 0.25) is 0 Å². The number of para-hydroxylation sites is 1. The number of rotatable bonds is 12. The lowest BCUT2D eigenvalue weighted by Gasteiger charge is -2.12. The summed E-state index contributed by atoms with van der Waals surface area (Å²) >= 11 is 0. The maximum atomic E-state index is 11.9. The molecule has 1 aromatic carbocycles. The zero-order chi connectivity index (χ0) is 16.9. The Kier molecular flexibility index (Phi) is 10.9. The molecule has 1 rings (SSSR count). The van der Waals surface area contributed by atoms with Crippen LogP contribution in [0.25, 0.3) is 0 Å². The van der Waals surface area contributed by atoms with Crippen LogP contribution in [-0.2, 0) is 15.7 Å². The summed E-state index contributed by atoms with van der Waals surface area (Å²) < 4.78 is 10.5. The molecule has 0 radical (unpaired) electrons. The van der Waals surface area contributed by atoms with Crippen LogP contribution < -0.4 is 4.74 Å². The van der Waals surface area contributed by atoms with Crippen molar-refractivity contribution in [1.82, 2.24) is 0 Å². The van der Waals surface area contributed by atoms with Crippen molar-refractivity contribution in [2.24, 2.45) is 0 Å². The third-order valence-electron chi connectivity index (χ3n) is 3.93. The average Bonchev–Trinajstić information content (AvgIpc) is 2.55. The first-order valence-electron chi connectivity index (χ1n) is 8.81. The lowest BCUT2D eigenvalue weighted by molar-refractivity contribution is -0.135. The first-order valence-corrected chi connectivity index (χ1v) is 9.28. The molecule has 4 heteroatoms. The van der Waals surface area contributed by atoms with Crippen molar-refractivity contribution in [3.8, 4) is 5.75 Å². The van der Waals surface area contributed by atoms with Gasteiger partial charge >= 0.3 is 5.97 Å². The number of hydrogen-bond donors (Lipinski definition) is 0. The van der Waals surface area contributed by atoms with Gasteiger partial charge in [-0.1, -0.05) is 63.6 Å². The zero-order valence-electron chi connectivity index (χ0n) is 14.6. The monoisotopic (exact) mass is 338 g/mol. The van der Waals surface area contributed by atoms with Gasteiger partial charge in [0.15, 0.2) is 0 Å². The Balaban J connectivity index is 2.37. The number of aryl methyl sites for hydroxylation is 1. The maximum absolute atomic E-state index is 11.9. The van der Waals surface area contributed by atoms with Crippen LogP contribution in [0.4, 0.5) is 0 Å². The van der Waals surface area contributed by atoms with E-state index in [-0.39, 0.29) is 18.5 Å². The third kappa shape index (κ3) is 9.07. The smallest absolute Gasteiger partial charge is 0.313 e. The highest BCUT2D eigenvalue weighted by Gasteiger charge is 2.12. The Morgan fingerprint density at radius 2 is 1.74 bits per heavy atom. The van der Waals surface area contributed by atoms with Crippen molar-refractivity contribution in [3.63, 3.8) is 0 Å². The molecule has 0 heterocycles. The quantitative estimate of drug-likeness (QED) is 0.219. The van der Waals surface area contributed by atoms with Crippen LogP contribution in [0.15, 0.2) is 24.3 Å². The molecule has 0 N–H and O–H groups in total. The van der Waals surface area contributed by atoms with E-state index in [0.717, 1.165) is 18.4 Å². The normalized spacial score (nSPS) is 12.1. The van der Waals surface area contributed by atoms with Crippen molar-refractivity contribution in [2.45, 2.75) is 77.7 Å². The first kappa shape index (κ1) is 20.1. The molecule has 0 fully saturated rings. The number of benzene rings is 1. The summed E-state index contributed by atoms with van der Waals surface area (Å²) in [5, 5.41) is 0. The van der Waals surface area contributed by atoms with E-state index >= 15 is 0 Å². The molecule has 0 amide bonds. The second-order valence-electron chi connectivity index (χ2n) is 6.10. The van der Waals surface area contributed by atoms with Crippen molar-refractivity contribution in [1.29, 1.82) is 0 Å². The van der Waals surface area contributed by atoms with Crippen molar-refractivity contribution in [2.75, 3.05) is 0 Å². The molecule has 1 aromatic rings. The second-order valence-corrected chi connectivity index (χ2v) is 6.38. The Hall–Kier alpha value is -0.920. The standard InChI is InChI=1S/C19H31O3P/c1-3-4-5-6-7-8-9-12-17-13-10-11-14-18(17)21-19(20)15-16(2)22-23/h10-11,13-14,16H,3-9,12,15,23H2,1-2H3. The van der Waals surface area contributed by atoms with Gasteiger partial charge in [-0.25, -0.2) is 0 Å². The van der Waals surface area contributed by atoms with E-state index in [1.54, 1.807) is 0 Å². The summed E-state index contributed by atoms with van der Waals surface area (Å²) in [4.78, 5) is 11.9. The largest absolute Gasteiger partial charge is 0.426 e. The number of carbonyl (C=O) groups excluding carboxylic acids is 1. The Morgan fingerprint density at radius 1 is 1.09 bits per heavy atom.